The first-order valence-corrected chi connectivity index (χ1v) is 6.63. The summed E-state index contributed by atoms with van der Waals surface area (Å²) in [7, 11) is 0. The van der Waals surface area contributed by atoms with Crippen LogP contribution in [0.5, 0.6) is 0 Å². The number of fused-ring (bicyclic) bond motifs is 1. The number of carbonyl (C=O) groups is 1. The summed E-state index contributed by atoms with van der Waals surface area (Å²) in [5, 5.41) is 5.72. The van der Waals surface area contributed by atoms with Crippen molar-refractivity contribution in [3.63, 3.8) is 0 Å². The lowest BCUT2D eigenvalue weighted by Gasteiger charge is -2.22. The van der Waals surface area contributed by atoms with Crippen LogP contribution >= 0.6 is 11.3 Å². The summed E-state index contributed by atoms with van der Waals surface area (Å²) in [4.78, 5) is 12.7. The van der Waals surface area contributed by atoms with Gasteiger partial charge in [-0.3, -0.25) is 9.48 Å². The summed E-state index contributed by atoms with van der Waals surface area (Å²) in [5.41, 5.74) is 1.01. The molecule has 0 aliphatic carbocycles. The fourth-order valence-corrected chi connectivity index (χ4v) is 3.37. The zero-order valence-electron chi connectivity index (χ0n) is 9.68. The highest BCUT2D eigenvalue weighted by atomic mass is 32.1. The third-order valence-corrected chi connectivity index (χ3v) is 4.29. The first-order valence-electron chi connectivity index (χ1n) is 5.81. The maximum absolute atomic E-state index is 10.8. The molecule has 3 rings (SSSR count). The number of rotatable bonds is 2. The number of ether oxygens (including phenoxy) is 1. The van der Waals surface area contributed by atoms with Crippen LogP contribution < -0.4 is 0 Å². The van der Waals surface area contributed by atoms with Gasteiger partial charge in [-0.2, -0.15) is 5.10 Å². The van der Waals surface area contributed by atoms with Crippen LogP contribution in [0.4, 0.5) is 0 Å². The molecular weight excluding hydrogens is 236 g/mol. The van der Waals surface area contributed by atoms with Gasteiger partial charge in [0.15, 0.2) is 6.29 Å². The summed E-state index contributed by atoms with van der Waals surface area (Å²) in [6, 6.07) is 2.35. The zero-order chi connectivity index (χ0) is 11.8. The van der Waals surface area contributed by atoms with E-state index in [1.165, 1.54) is 11.3 Å². The van der Waals surface area contributed by atoms with Gasteiger partial charge >= 0.3 is 0 Å². The van der Waals surface area contributed by atoms with Gasteiger partial charge in [-0.15, -0.1) is 11.3 Å². The smallest absolute Gasteiger partial charge is 0.160 e. The van der Waals surface area contributed by atoms with Gasteiger partial charge in [0, 0.05) is 18.6 Å². The van der Waals surface area contributed by atoms with Crippen molar-refractivity contribution < 1.29 is 9.53 Å². The number of thiophene rings is 1. The summed E-state index contributed by atoms with van der Waals surface area (Å²) < 4.78 is 7.46. The Morgan fingerprint density at radius 3 is 3.00 bits per heavy atom. The maximum Gasteiger partial charge on any atom is 0.160 e. The quantitative estimate of drug-likeness (QED) is 0.769. The molecule has 0 spiro atoms. The second kappa shape index (κ2) is 4.23. The average molecular weight is 250 g/mol. The predicted octanol–water partition coefficient (Wildman–Crippen LogP) is 2.57. The molecule has 90 valence electrons. The first-order chi connectivity index (χ1) is 8.29. The van der Waals surface area contributed by atoms with E-state index < -0.39 is 0 Å². The Labute approximate surface area is 103 Å². The van der Waals surface area contributed by atoms with Crippen LogP contribution in [0.1, 0.15) is 34.2 Å². The molecule has 5 heteroatoms. The molecule has 4 nitrogen and oxygen atoms in total. The van der Waals surface area contributed by atoms with Crippen molar-refractivity contribution in [1.29, 1.82) is 0 Å². The molecule has 2 aromatic heterocycles. The minimum Gasteiger partial charge on any atom is -0.381 e. The molecule has 0 aromatic carbocycles. The van der Waals surface area contributed by atoms with Gasteiger partial charge in [-0.1, -0.05) is 0 Å². The van der Waals surface area contributed by atoms with Crippen LogP contribution in [0, 0.1) is 6.92 Å². The van der Waals surface area contributed by atoms with Gasteiger partial charge < -0.3 is 4.74 Å². The van der Waals surface area contributed by atoms with Crippen molar-refractivity contribution in [1.82, 2.24) is 9.78 Å². The highest BCUT2D eigenvalue weighted by molar-refractivity contribution is 7.20. The normalized spacial score (nSPS) is 17.7. The van der Waals surface area contributed by atoms with Gasteiger partial charge in [0.2, 0.25) is 0 Å². The highest BCUT2D eigenvalue weighted by Gasteiger charge is 2.21. The van der Waals surface area contributed by atoms with Crippen LogP contribution in [-0.2, 0) is 4.74 Å². The average Bonchev–Trinajstić information content (AvgIpc) is 2.91. The number of aldehydes is 1. The van der Waals surface area contributed by atoms with Crippen LogP contribution in [0.25, 0.3) is 10.2 Å². The number of aromatic nitrogens is 2. The SMILES string of the molecule is Cc1nn(C2CCOCC2)c2sc(C=O)cc12. The van der Waals surface area contributed by atoms with Crippen LogP contribution in [0.2, 0.25) is 0 Å². The summed E-state index contributed by atoms with van der Waals surface area (Å²) in [5.74, 6) is 0. The van der Waals surface area contributed by atoms with E-state index in [1.807, 2.05) is 13.0 Å². The van der Waals surface area contributed by atoms with Crippen molar-refractivity contribution in [2.45, 2.75) is 25.8 Å². The third-order valence-electron chi connectivity index (χ3n) is 3.24. The Kier molecular flexibility index (Phi) is 2.72. The van der Waals surface area contributed by atoms with Gasteiger partial charge in [-0.05, 0) is 25.8 Å². The standard InChI is InChI=1S/C12H14N2O2S/c1-8-11-6-10(7-15)17-12(11)14(13-8)9-2-4-16-5-3-9/h6-7,9H,2-5H2,1H3. The molecule has 1 aliphatic heterocycles. The number of carbonyl (C=O) groups excluding carboxylic acids is 1. The topological polar surface area (TPSA) is 44.1 Å². The number of aryl methyl sites for hydroxylation is 1. The third kappa shape index (κ3) is 1.79. The van der Waals surface area contributed by atoms with Crippen molar-refractivity contribution in [2.75, 3.05) is 13.2 Å². The van der Waals surface area contributed by atoms with E-state index in [-0.39, 0.29) is 0 Å². The maximum atomic E-state index is 10.8. The minimum absolute atomic E-state index is 0.415. The van der Waals surface area contributed by atoms with E-state index in [2.05, 4.69) is 9.78 Å². The Morgan fingerprint density at radius 1 is 1.53 bits per heavy atom. The van der Waals surface area contributed by atoms with Gasteiger partial charge in [0.25, 0.3) is 0 Å². The molecule has 0 radical (unpaired) electrons. The van der Waals surface area contributed by atoms with E-state index in [4.69, 9.17) is 4.74 Å². The summed E-state index contributed by atoms with van der Waals surface area (Å²) in [6.07, 6.45) is 2.92. The molecule has 2 aromatic rings. The monoisotopic (exact) mass is 250 g/mol. The lowest BCUT2D eigenvalue weighted by Crippen LogP contribution is -2.20. The van der Waals surface area contributed by atoms with Crippen LogP contribution in [0.3, 0.4) is 0 Å². The Bertz CT molecular complexity index is 552. The number of hydrogen-bond donors (Lipinski definition) is 0. The Hall–Kier alpha value is -1.20. The second-order valence-electron chi connectivity index (χ2n) is 4.36. The molecule has 0 bridgehead atoms. The molecule has 0 unspecified atom stereocenters. The van der Waals surface area contributed by atoms with Gasteiger partial charge in [-0.25, -0.2) is 0 Å². The molecule has 17 heavy (non-hydrogen) atoms. The molecule has 1 aliphatic rings. The van der Waals surface area contributed by atoms with Crippen LogP contribution in [0.15, 0.2) is 6.07 Å². The Balaban J connectivity index is 2.08. The highest BCUT2D eigenvalue weighted by Crippen LogP contribution is 2.32. The van der Waals surface area contributed by atoms with Crippen molar-refractivity contribution >= 4 is 27.8 Å². The Morgan fingerprint density at radius 2 is 2.29 bits per heavy atom. The van der Waals surface area contributed by atoms with Crippen molar-refractivity contribution in [3.8, 4) is 0 Å². The van der Waals surface area contributed by atoms with E-state index in [1.54, 1.807) is 0 Å². The van der Waals surface area contributed by atoms with Crippen molar-refractivity contribution in [2.24, 2.45) is 0 Å². The minimum atomic E-state index is 0.415. The van der Waals surface area contributed by atoms with E-state index in [0.717, 1.165) is 53.1 Å². The van der Waals surface area contributed by atoms with Crippen LogP contribution in [-0.4, -0.2) is 29.3 Å². The van der Waals surface area contributed by atoms with E-state index in [9.17, 15) is 4.79 Å². The fraction of sp³-hybridized carbons (Fsp3) is 0.500. The lowest BCUT2D eigenvalue weighted by molar-refractivity contribution is 0.0675. The van der Waals surface area contributed by atoms with E-state index >= 15 is 0 Å². The number of hydrogen-bond acceptors (Lipinski definition) is 4. The predicted molar refractivity (Wildman–Crippen MR) is 66.8 cm³/mol. The molecule has 1 saturated heterocycles. The van der Waals surface area contributed by atoms with Gasteiger partial charge in [0.05, 0.1) is 16.6 Å². The molecule has 3 heterocycles. The molecule has 1 fully saturated rings. The van der Waals surface area contributed by atoms with Crippen molar-refractivity contribution in [3.05, 3.63) is 16.6 Å². The van der Waals surface area contributed by atoms with Gasteiger partial charge in [0.1, 0.15) is 4.83 Å². The molecular formula is C12H14N2O2S. The molecule has 0 N–H and O–H groups in total. The lowest BCUT2D eigenvalue weighted by atomic mass is 10.1. The summed E-state index contributed by atoms with van der Waals surface area (Å²) >= 11 is 1.53. The largest absolute Gasteiger partial charge is 0.381 e. The fourth-order valence-electron chi connectivity index (χ4n) is 2.33. The second-order valence-corrected chi connectivity index (χ2v) is 5.42. The number of nitrogens with zero attached hydrogens (tertiary/aromatic N) is 2. The van der Waals surface area contributed by atoms with E-state index in [0.29, 0.717) is 6.04 Å². The first kappa shape index (κ1) is 10.9. The molecule has 0 amide bonds. The summed E-state index contributed by atoms with van der Waals surface area (Å²) in [6.45, 7) is 3.60. The molecule has 0 atom stereocenters. The molecule has 0 saturated carbocycles. The zero-order valence-corrected chi connectivity index (χ0v) is 10.5.